The van der Waals surface area contributed by atoms with Crippen molar-refractivity contribution in [2.24, 2.45) is 11.3 Å². The lowest BCUT2D eigenvalue weighted by molar-refractivity contribution is -0.125. The minimum absolute atomic E-state index is 0.0188. The molecule has 3 unspecified atom stereocenters. The molecule has 2 saturated heterocycles. The first-order valence-corrected chi connectivity index (χ1v) is 12.8. The highest BCUT2D eigenvalue weighted by Crippen LogP contribution is 2.46. The molecule has 1 amide bonds. The molecule has 180 valence electrons. The van der Waals surface area contributed by atoms with Gasteiger partial charge in [-0.05, 0) is 37.5 Å². The van der Waals surface area contributed by atoms with Gasteiger partial charge in [-0.3, -0.25) is 4.79 Å². The summed E-state index contributed by atoms with van der Waals surface area (Å²) in [5.41, 5.74) is -0.194. The maximum Gasteiger partial charge on any atom is 0.224 e. The Labute approximate surface area is 205 Å². The van der Waals surface area contributed by atoms with E-state index in [1.165, 1.54) is 0 Å². The average molecular weight is 507 g/mol. The summed E-state index contributed by atoms with van der Waals surface area (Å²) in [6.45, 7) is 11.7. The smallest absolute Gasteiger partial charge is 0.224 e. The average Bonchev–Trinajstić information content (AvgIpc) is 3.49. The molecule has 2 heterocycles. The third-order valence-electron chi connectivity index (χ3n) is 7.06. The Bertz CT molecular complexity index is 772. The maximum atomic E-state index is 14.6. The standard InChI is InChI=1S/C23H34Cl2FN3O2S/c1-15(24)20(25)19(16(2)26)21(23(3)9-4-5-10-23)27-22(31)17-8-12-28(13-17)32-29-11-6-7-18(29)14-30/h17-18,21,30H,1-2,4-14H2,3H3,(H,27,31)/b20-19-. The first-order valence-electron chi connectivity index (χ1n) is 11.4. The van der Waals surface area contributed by atoms with E-state index < -0.39 is 11.9 Å². The molecule has 3 atom stereocenters. The van der Waals surface area contributed by atoms with Crippen LogP contribution >= 0.6 is 35.3 Å². The van der Waals surface area contributed by atoms with Gasteiger partial charge in [0.2, 0.25) is 5.91 Å². The van der Waals surface area contributed by atoms with Gasteiger partial charge < -0.3 is 10.4 Å². The lowest BCUT2D eigenvalue weighted by atomic mass is 9.76. The number of carbonyl (C=O) groups is 1. The molecule has 3 rings (SSSR count). The van der Waals surface area contributed by atoms with Crippen LogP contribution in [-0.4, -0.2) is 57.9 Å². The fraction of sp³-hybridized carbons (Fsp3) is 0.696. The highest BCUT2D eigenvalue weighted by atomic mass is 35.5. The van der Waals surface area contributed by atoms with E-state index >= 15 is 0 Å². The molecule has 9 heteroatoms. The Morgan fingerprint density at radius 1 is 1.25 bits per heavy atom. The molecule has 0 aromatic carbocycles. The number of halogens is 3. The lowest BCUT2D eigenvalue weighted by Crippen LogP contribution is -2.49. The van der Waals surface area contributed by atoms with Crippen LogP contribution in [0.3, 0.4) is 0 Å². The number of allylic oxidation sites excluding steroid dienone is 2. The second kappa shape index (κ2) is 11.2. The first kappa shape index (κ1) is 26.0. The van der Waals surface area contributed by atoms with Crippen LogP contribution in [0.5, 0.6) is 0 Å². The number of aliphatic hydroxyl groups excluding tert-OH is 1. The highest BCUT2D eigenvalue weighted by Gasteiger charge is 2.43. The van der Waals surface area contributed by atoms with E-state index in [2.05, 4.69) is 34.0 Å². The summed E-state index contributed by atoms with van der Waals surface area (Å²) in [5, 5.41) is 12.7. The van der Waals surface area contributed by atoms with Gasteiger partial charge in [0.25, 0.3) is 0 Å². The molecule has 0 radical (unpaired) electrons. The number of amides is 1. The summed E-state index contributed by atoms with van der Waals surface area (Å²) in [6, 6.07) is -0.439. The molecule has 5 nitrogen and oxygen atoms in total. The fourth-order valence-corrected chi connectivity index (χ4v) is 6.70. The second-order valence-corrected chi connectivity index (χ2v) is 11.4. The Morgan fingerprint density at radius 3 is 2.53 bits per heavy atom. The molecule has 1 saturated carbocycles. The van der Waals surface area contributed by atoms with Crippen molar-refractivity contribution in [3.8, 4) is 0 Å². The lowest BCUT2D eigenvalue weighted by Gasteiger charge is -2.37. The molecule has 0 aromatic rings. The van der Waals surface area contributed by atoms with E-state index in [9.17, 15) is 14.3 Å². The number of nitrogens with zero attached hydrogens (tertiary/aromatic N) is 2. The van der Waals surface area contributed by atoms with Gasteiger partial charge in [0.05, 0.1) is 28.6 Å². The van der Waals surface area contributed by atoms with Gasteiger partial charge in [-0.25, -0.2) is 13.0 Å². The number of aliphatic hydroxyl groups is 1. The number of nitrogens with one attached hydrogen (secondary N) is 1. The highest BCUT2D eigenvalue weighted by molar-refractivity contribution is 7.94. The Morgan fingerprint density at radius 2 is 1.94 bits per heavy atom. The van der Waals surface area contributed by atoms with Gasteiger partial charge in [-0.1, -0.05) is 56.1 Å². The van der Waals surface area contributed by atoms with E-state index in [0.29, 0.717) is 6.54 Å². The third-order valence-corrected chi connectivity index (χ3v) is 9.03. The van der Waals surface area contributed by atoms with E-state index in [1.54, 1.807) is 12.1 Å². The molecule has 0 spiro atoms. The van der Waals surface area contributed by atoms with Crippen LogP contribution in [0.15, 0.2) is 34.6 Å². The predicted octanol–water partition coefficient (Wildman–Crippen LogP) is 5.12. The summed E-state index contributed by atoms with van der Waals surface area (Å²) in [7, 11) is 0. The van der Waals surface area contributed by atoms with Crippen molar-refractivity contribution in [2.75, 3.05) is 26.2 Å². The summed E-state index contributed by atoms with van der Waals surface area (Å²) < 4.78 is 19.0. The Balaban J connectivity index is 1.72. The molecular formula is C23H34Cl2FN3O2S. The number of rotatable bonds is 9. The molecule has 1 aliphatic carbocycles. The zero-order valence-electron chi connectivity index (χ0n) is 18.7. The summed E-state index contributed by atoms with van der Waals surface area (Å²) in [5.74, 6) is -0.991. The van der Waals surface area contributed by atoms with E-state index in [-0.39, 0.29) is 45.5 Å². The minimum Gasteiger partial charge on any atom is -0.395 e. The van der Waals surface area contributed by atoms with Gasteiger partial charge in [0.15, 0.2) is 0 Å². The minimum atomic E-state index is -0.692. The molecule has 32 heavy (non-hydrogen) atoms. The van der Waals surface area contributed by atoms with Crippen LogP contribution in [0.4, 0.5) is 4.39 Å². The van der Waals surface area contributed by atoms with Crippen LogP contribution in [-0.2, 0) is 4.79 Å². The zero-order chi connectivity index (χ0) is 23.5. The fourth-order valence-electron chi connectivity index (χ4n) is 5.14. The SMILES string of the molecule is C=C(Cl)/C(Cl)=C(\C(=C)F)C(NC(=O)C1CCN(SN2CCCC2CO)C1)C1(C)CCCC1. The van der Waals surface area contributed by atoms with Gasteiger partial charge in [-0.15, -0.1) is 0 Å². The maximum absolute atomic E-state index is 14.6. The predicted molar refractivity (Wildman–Crippen MR) is 131 cm³/mol. The molecule has 0 aromatic heterocycles. The summed E-state index contributed by atoms with van der Waals surface area (Å²) in [4.78, 5) is 13.3. The van der Waals surface area contributed by atoms with Gasteiger partial charge >= 0.3 is 0 Å². The molecule has 0 bridgehead atoms. The van der Waals surface area contributed by atoms with Crippen molar-refractivity contribution in [1.82, 2.24) is 13.9 Å². The van der Waals surface area contributed by atoms with Crippen LogP contribution in [0.25, 0.3) is 0 Å². The topological polar surface area (TPSA) is 55.8 Å². The number of hydrogen-bond donors (Lipinski definition) is 2. The van der Waals surface area contributed by atoms with Crippen molar-refractivity contribution < 1.29 is 14.3 Å². The van der Waals surface area contributed by atoms with Crippen molar-refractivity contribution in [2.45, 2.75) is 64.0 Å². The third kappa shape index (κ3) is 5.91. The quantitative estimate of drug-likeness (QED) is 0.336. The molecular weight excluding hydrogens is 472 g/mol. The molecule has 3 fully saturated rings. The van der Waals surface area contributed by atoms with Gasteiger partial charge in [-0.2, -0.15) is 0 Å². The van der Waals surface area contributed by atoms with E-state index in [4.69, 9.17) is 23.2 Å². The van der Waals surface area contributed by atoms with E-state index in [0.717, 1.165) is 58.0 Å². The largest absolute Gasteiger partial charge is 0.395 e. The molecule has 3 aliphatic rings. The monoisotopic (exact) mass is 505 g/mol. The van der Waals surface area contributed by atoms with Crippen molar-refractivity contribution in [3.63, 3.8) is 0 Å². The summed E-state index contributed by atoms with van der Waals surface area (Å²) >= 11 is 14.0. The first-order chi connectivity index (χ1) is 15.2. The Hall–Kier alpha value is -0.570. The second-order valence-electron chi connectivity index (χ2n) is 9.41. The van der Waals surface area contributed by atoms with Crippen molar-refractivity contribution in [3.05, 3.63) is 34.6 Å². The van der Waals surface area contributed by atoms with Crippen molar-refractivity contribution in [1.29, 1.82) is 0 Å². The van der Waals surface area contributed by atoms with Crippen molar-refractivity contribution >= 4 is 41.2 Å². The summed E-state index contributed by atoms with van der Waals surface area (Å²) in [6.07, 6.45) is 6.55. The van der Waals surface area contributed by atoms with E-state index in [1.807, 2.05) is 0 Å². The van der Waals surface area contributed by atoms with Gasteiger partial charge in [0.1, 0.15) is 5.83 Å². The van der Waals surface area contributed by atoms with Crippen LogP contribution in [0.1, 0.15) is 51.9 Å². The van der Waals surface area contributed by atoms with Crippen LogP contribution < -0.4 is 5.32 Å². The number of carbonyl (C=O) groups excluding carboxylic acids is 1. The normalized spacial score (nSPS) is 27.9. The van der Waals surface area contributed by atoms with Crippen LogP contribution in [0.2, 0.25) is 0 Å². The van der Waals surface area contributed by atoms with Gasteiger partial charge in [0, 0.05) is 43.4 Å². The number of hydrogen-bond acceptors (Lipinski definition) is 5. The zero-order valence-corrected chi connectivity index (χ0v) is 21.0. The molecule has 2 N–H and O–H groups in total. The molecule has 2 aliphatic heterocycles. The van der Waals surface area contributed by atoms with Crippen LogP contribution in [0, 0.1) is 11.3 Å². The Kier molecular flexibility index (Phi) is 9.14.